The van der Waals surface area contributed by atoms with E-state index >= 15 is 0 Å². The molecule has 0 aliphatic rings. The minimum absolute atomic E-state index is 0.00832. The SMILES string of the molecule is CCC(C)(C)CNc1ccc(S(N)(=O)=O)cc1C(=O)O. The van der Waals surface area contributed by atoms with Crippen LogP contribution in [0.2, 0.25) is 0 Å². The summed E-state index contributed by atoms with van der Waals surface area (Å²) in [6, 6.07) is 3.79. The second-order valence-electron chi connectivity index (χ2n) is 5.43. The van der Waals surface area contributed by atoms with Gasteiger partial charge in [0.1, 0.15) is 0 Å². The van der Waals surface area contributed by atoms with Gasteiger partial charge in [-0.25, -0.2) is 18.4 Å². The van der Waals surface area contributed by atoms with Gasteiger partial charge < -0.3 is 10.4 Å². The normalized spacial score (nSPS) is 12.2. The van der Waals surface area contributed by atoms with E-state index < -0.39 is 16.0 Å². The number of carboxylic acids is 1. The lowest BCUT2D eigenvalue weighted by Gasteiger charge is -2.24. The van der Waals surface area contributed by atoms with E-state index in [0.29, 0.717) is 12.2 Å². The first kappa shape index (κ1) is 16.5. The lowest BCUT2D eigenvalue weighted by molar-refractivity contribution is 0.0697. The second kappa shape index (κ2) is 5.80. The largest absolute Gasteiger partial charge is 0.478 e. The number of sulfonamides is 1. The Bertz CT molecular complexity index is 609. The number of nitrogens with two attached hydrogens (primary N) is 1. The zero-order chi connectivity index (χ0) is 15.6. The minimum Gasteiger partial charge on any atom is -0.478 e. The monoisotopic (exact) mass is 300 g/mol. The van der Waals surface area contributed by atoms with Crippen LogP contribution in [0, 0.1) is 5.41 Å². The van der Waals surface area contributed by atoms with E-state index in [9.17, 15) is 13.2 Å². The van der Waals surface area contributed by atoms with Crippen molar-refractivity contribution in [3.05, 3.63) is 23.8 Å². The fraction of sp³-hybridized carbons (Fsp3) is 0.462. The molecule has 112 valence electrons. The third-order valence-electron chi connectivity index (χ3n) is 3.26. The van der Waals surface area contributed by atoms with E-state index in [-0.39, 0.29) is 15.9 Å². The third kappa shape index (κ3) is 4.21. The Labute approximate surface area is 119 Å². The Morgan fingerprint density at radius 3 is 2.45 bits per heavy atom. The Kier molecular flexibility index (Phi) is 4.77. The topological polar surface area (TPSA) is 109 Å². The average molecular weight is 300 g/mol. The van der Waals surface area contributed by atoms with Gasteiger partial charge in [-0.2, -0.15) is 0 Å². The number of primary sulfonamides is 1. The first-order valence-electron chi connectivity index (χ1n) is 6.21. The van der Waals surface area contributed by atoms with Crippen LogP contribution in [-0.4, -0.2) is 26.0 Å². The molecule has 0 saturated carbocycles. The summed E-state index contributed by atoms with van der Waals surface area (Å²) in [5.41, 5.74) is 0.281. The standard InChI is InChI=1S/C13H20N2O4S/c1-4-13(2,3)8-15-11-6-5-9(20(14,18)19)7-10(11)12(16)17/h5-7,15H,4,8H2,1-3H3,(H,16,17)(H2,14,18,19). The van der Waals surface area contributed by atoms with Crippen LogP contribution in [0.25, 0.3) is 0 Å². The summed E-state index contributed by atoms with van der Waals surface area (Å²) >= 11 is 0. The fourth-order valence-corrected chi connectivity index (χ4v) is 2.03. The van der Waals surface area contributed by atoms with Crippen molar-refractivity contribution < 1.29 is 18.3 Å². The van der Waals surface area contributed by atoms with Crippen molar-refractivity contribution >= 4 is 21.7 Å². The summed E-state index contributed by atoms with van der Waals surface area (Å²) in [6.07, 6.45) is 0.928. The molecule has 7 heteroatoms. The van der Waals surface area contributed by atoms with Crippen molar-refractivity contribution in [1.82, 2.24) is 0 Å². The molecule has 4 N–H and O–H groups in total. The number of aromatic carboxylic acids is 1. The molecule has 1 aromatic rings. The quantitative estimate of drug-likeness (QED) is 0.743. The molecule has 0 atom stereocenters. The van der Waals surface area contributed by atoms with Crippen LogP contribution >= 0.6 is 0 Å². The van der Waals surface area contributed by atoms with Crippen molar-refractivity contribution in [2.75, 3.05) is 11.9 Å². The van der Waals surface area contributed by atoms with E-state index in [1.807, 2.05) is 6.92 Å². The van der Waals surface area contributed by atoms with Gasteiger partial charge in [-0.05, 0) is 30.0 Å². The highest BCUT2D eigenvalue weighted by atomic mass is 32.2. The molecule has 0 bridgehead atoms. The average Bonchev–Trinajstić information content (AvgIpc) is 2.35. The summed E-state index contributed by atoms with van der Waals surface area (Å²) in [5, 5.41) is 17.2. The van der Waals surface area contributed by atoms with Gasteiger partial charge in [-0.3, -0.25) is 0 Å². The highest BCUT2D eigenvalue weighted by Crippen LogP contribution is 2.24. The lowest BCUT2D eigenvalue weighted by Crippen LogP contribution is -2.23. The van der Waals surface area contributed by atoms with Gasteiger partial charge in [-0.15, -0.1) is 0 Å². The molecule has 0 spiro atoms. The van der Waals surface area contributed by atoms with Crippen molar-refractivity contribution in [2.45, 2.75) is 32.1 Å². The number of rotatable bonds is 6. The van der Waals surface area contributed by atoms with Crippen molar-refractivity contribution in [1.29, 1.82) is 0 Å². The predicted octanol–water partition coefficient (Wildman–Crippen LogP) is 1.88. The first-order valence-corrected chi connectivity index (χ1v) is 7.75. The third-order valence-corrected chi connectivity index (χ3v) is 4.18. The molecule has 0 heterocycles. The zero-order valence-corrected chi connectivity index (χ0v) is 12.6. The number of hydrogen-bond donors (Lipinski definition) is 3. The lowest BCUT2D eigenvalue weighted by atomic mass is 9.90. The summed E-state index contributed by atoms with van der Waals surface area (Å²) < 4.78 is 22.5. The van der Waals surface area contributed by atoms with Crippen LogP contribution in [-0.2, 0) is 10.0 Å². The van der Waals surface area contributed by atoms with Gasteiger partial charge in [0.25, 0.3) is 0 Å². The van der Waals surface area contributed by atoms with Crippen molar-refractivity contribution in [2.24, 2.45) is 10.6 Å². The van der Waals surface area contributed by atoms with Gasteiger partial charge in [0.15, 0.2) is 0 Å². The summed E-state index contributed by atoms with van der Waals surface area (Å²) in [5.74, 6) is -1.20. The van der Waals surface area contributed by atoms with E-state index in [1.165, 1.54) is 12.1 Å². The zero-order valence-electron chi connectivity index (χ0n) is 11.8. The molecule has 0 radical (unpaired) electrons. The fourth-order valence-electron chi connectivity index (χ4n) is 1.49. The van der Waals surface area contributed by atoms with Gasteiger partial charge in [-0.1, -0.05) is 20.8 Å². The molecule has 6 nitrogen and oxygen atoms in total. The maximum absolute atomic E-state index is 11.2. The molecular weight excluding hydrogens is 280 g/mol. The maximum atomic E-state index is 11.2. The van der Waals surface area contributed by atoms with Crippen LogP contribution in [0.15, 0.2) is 23.1 Å². The number of hydrogen-bond acceptors (Lipinski definition) is 4. The molecule has 0 aromatic heterocycles. The van der Waals surface area contributed by atoms with Crippen LogP contribution in [0.5, 0.6) is 0 Å². The van der Waals surface area contributed by atoms with Gasteiger partial charge in [0.05, 0.1) is 10.5 Å². The van der Waals surface area contributed by atoms with Crippen LogP contribution in [0.4, 0.5) is 5.69 Å². The molecule has 1 aromatic carbocycles. The van der Waals surface area contributed by atoms with E-state index in [4.69, 9.17) is 10.2 Å². The van der Waals surface area contributed by atoms with Crippen molar-refractivity contribution in [3.8, 4) is 0 Å². The molecule has 20 heavy (non-hydrogen) atoms. The number of benzene rings is 1. The molecule has 0 amide bonds. The molecular formula is C13H20N2O4S. The minimum atomic E-state index is -3.91. The molecule has 1 rings (SSSR count). The van der Waals surface area contributed by atoms with Gasteiger partial charge in [0, 0.05) is 12.2 Å². The number of carbonyl (C=O) groups is 1. The molecule has 0 aliphatic heterocycles. The predicted molar refractivity (Wildman–Crippen MR) is 77.3 cm³/mol. The van der Waals surface area contributed by atoms with E-state index in [0.717, 1.165) is 12.5 Å². The van der Waals surface area contributed by atoms with E-state index in [1.54, 1.807) is 0 Å². The molecule has 0 fully saturated rings. The Hall–Kier alpha value is -1.60. The van der Waals surface area contributed by atoms with Crippen LogP contribution in [0.1, 0.15) is 37.6 Å². The highest BCUT2D eigenvalue weighted by Gasteiger charge is 2.19. The van der Waals surface area contributed by atoms with Crippen LogP contribution in [0.3, 0.4) is 0 Å². The van der Waals surface area contributed by atoms with Crippen LogP contribution < -0.4 is 10.5 Å². The van der Waals surface area contributed by atoms with Crippen molar-refractivity contribution in [3.63, 3.8) is 0 Å². The van der Waals surface area contributed by atoms with Gasteiger partial charge >= 0.3 is 5.97 Å². The number of anilines is 1. The molecule has 0 unspecified atom stereocenters. The number of carboxylic acid groups (broad SMARTS) is 1. The van der Waals surface area contributed by atoms with E-state index in [2.05, 4.69) is 19.2 Å². The smallest absolute Gasteiger partial charge is 0.337 e. The number of nitrogens with one attached hydrogen (secondary N) is 1. The Balaban J connectivity index is 3.12. The molecule has 0 aliphatic carbocycles. The Morgan fingerprint density at radius 2 is 2.00 bits per heavy atom. The Morgan fingerprint density at radius 1 is 1.40 bits per heavy atom. The summed E-state index contributed by atoms with van der Waals surface area (Å²) in [6.45, 7) is 6.74. The highest BCUT2D eigenvalue weighted by molar-refractivity contribution is 7.89. The second-order valence-corrected chi connectivity index (χ2v) is 6.99. The first-order chi connectivity index (χ1) is 9.07. The summed E-state index contributed by atoms with van der Waals surface area (Å²) in [4.78, 5) is 11.0. The molecule has 0 saturated heterocycles. The van der Waals surface area contributed by atoms with Gasteiger partial charge in [0.2, 0.25) is 10.0 Å². The summed E-state index contributed by atoms with van der Waals surface area (Å²) in [7, 11) is -3.91. The maximum Gasteiger partial charge on any atom is 0.337 e.